The number of nitrogens with zero attached hydrogens (tertiary/aromatic N) is 1. The minimum absolute atomic E-state index is 0.269. The van der Waals surface area contributed by atoms with Crippen molar-refractivity contribution < 1.29 is 4.74 Å². The van der Waals surface area contributed by atoms with Crippen LogP contribution in [0.15, 0.2) is 42.6 Å². The van der Waals surface area contributed by atoms with Gasteiger partial charge in [0.2, 0.25) is 0 Å². The van der Waals surface area contributed by atoms with E-state index in [-0.39, 0.29) is 6.04 Å². The summed E-state index contributed by atoms with van der Waals surface area (Å²) in [7, 11) is 1.67. The van der Waals surface area contributed by atoms with Gasteiger partial charge in [0.15, 0.2) is 0 Å². The first-order valence-corrected chi connectivity index (χ1v) is 7.26. The standard InChI is InChI=1S/C16H16N2OS/c1-10-9-18-16(20-10)15(17)14-12-6-4-3-5-11(12)7-8-13(14)19-2/h3-9,15H,17H2,1-2H3. The quantitative estimate of drug-likeness (QED) is 0.798. The van der Waals surface area contributed by atoms with Crippen LogP contribution in [-0.4, -0.2) is 12.1 Å². The van der Waals surface area contributed by atoms with E-state index in [9.17, 15) is 0 Å². The highest BCUT2D eigenvalue weighted by Crippen LogP contribution is 2.36. The van der Waals surface area contributed by atoms with Gasteiger partial charge in [0.05, 0.1) is 13.2 Å². The lowest BCUT2D eigenvalue weighted by Crippen LogP contribution is -2.13. The summed E-state index contributed by atoms with van der Waals surface area (Å²) in [5.41, 5.74) is 7.44. The molecule has 0 aliphatic rings. The zero-order chi connectivity index (χ0) is 14.1. The topological polar surface area (TPSA) is 48.1 Å². The molecule has 0 spiro atoms. The average Bonchev–Trinajstić information content (AvgIpc) is 2.92. The third kappa shape index (κ3) is 2.17. The van der Waals surface area contributed by atoms with Gasteiger partial charge in [-0.1, -0.05) is 30.3 Å². The average molecular weight is 284 g/mol. The molecule has 0 aliphatic heterocycles. The van der Waals surface area contributed by atoms with Crippen LogP contribution in [0.25, 0.3) is 10.8 Å². The smallest absolute Gasteiger partial charge is 0.124 e. The zero-order valence-electron chi connectivity index (χ0n) is 11.5. The number of ether oxygens (including phenoxy) is 1. The predicted octanol–water partition coefficient (Wildman–Crippen LogP) is 3.66. The summed E-state index contributed by atoms with van der Waals surface area (Å²) in [6.07, 6.45) is 1.86. The molecule has 0 saturated carbocycles. The van der Waals surface area contributed by atoms with Gasteiger partial charge in [0.25, 0.3) is 0 Å². The van der Waals surface area contributed by atoms with Crippen molar-refractivity contribution in [2.45, 2.75) is 13.0 Å². The Balaban J connectivity index is 2.22. The fourth-order valence-electron chi connectivity index (χ4n) is 2.41. The molecule has 1 atom stereocenters. The van der Waals surface area contributed by atoms with Crippen LogP contribution in [0.1, 0.15) is 21.5 Å². The summed E-state index contributed by atoms with van der Waals surface area (Å²) in [4.78, 5) is 5.57. The first-order chi connectivity index (χ1) is 9.70. The van der Waals surface area contributed by atoms with E-state index in [0.29, 0.717) is 0 Å². The number of benzene rings is 2. The molecule has 0 aliphatic carbocycles. The van der Waals surface area contributed by atoms with Crippen molar-refractivity contribution in [3.63, 3.8) is 0 Å². The number of aryl methyl sites for hydroxylation is 1. The summed E-state index contributed by atoms with van der Waals surface area (Å²) in [6.45, 7) is 2.04. The monoisotopic (exact) mass is 284 g/mol. The molecule has 102 valence electrons. The van der Waals surface area contributed by atoms with Crippen LogP contribution < -0.4 is 10.5 Å². The Kier molecular flexibility index (Phi) is 3.42. The van der Waals surface area contributed by atoms with Crippen LogP contribution in [0.4, 0.5) is 0 Å². The SMILES string of the molecule is COc1ccc2ccccc2c1C(N)c1ncc(C)s1. The second kappa shape index (κ2) is 5.23. The van der Waals surface area contributed by atoms with Crippen molar-refractivity contribution in [2.24, 2.45) is 5.73 Å². The van der Waals surface area contributed by atoms with Gasteiger partial charge < -0.3 is 10.5 Å². The second-order valence-electron chi connectivity index (χ2n) is 4.69. The summed E-state index contributed by atoms with van der Waals surface area (Å²) in [6, 6.07) is 12.0. The lowest BCUT2D eigenvalue weighted by molar-refractivity contribution is 0.409. The fraction of sp³-hybridized carbons (Fsp3) is 0.188. The molecule has 0 radical (unpaired) electrons. The van der Waals surface area contributed by atoms with Crippen molar-refractivity contribution in [1.82, 2.24) is 4.98 Å². The van der Waals surface area contributed by atoms with Gasteiger partial charge in [-0.2, -0.15) is 0 Å². The van der Waals surface area contributed by atoms with Crippen LogP contribution in [0.3, 0.4) is 0 Å². The number of rotatable bonds is 3. The van der Waals surface area contributed by atoms with Crippen LogP contribution in [0.5, 0.6) is 5.75 Å². The molecule has 1 heterocycles. The molecule has 0 fully saturated rings. The highest BCUT2D eigenvalue weighted by molar-refractivity contribution is 7.11. The summed E-state index contributed by atoms with van der Waals surface area (Å²) in [5, 5.41) is 3.19. The Hall–Kier alpha value is -1.91. The van der Waals surface area contributed by atoms with E-state index < -0.39 is 0 Å². The van der Waals surface area contributed by atoms with E-state index in [0.717, 1.165) is 32.0 Å². The third-order valence-electron chi connectivity index (χ3n) is 3.37. The minimum atomic E-state index is -0.269. The first-order valence-electron chi connectivity index (χ1n) is 6.44. The largest absolute Gasteiger partial charge is 0.496 e. The second-order valence-corrected chi connectivity index (χ2v) is 5.96. The Morgan fingerprint density at radius 2 is 2.00 bits per heavy atom. The highest BCUT2D eigenvalue weighted by Gasteiger charge is 2.19. The lowest BCUT2D eigenvalue weighted by atomic mass is 9.98. The molecule has 4 heteroatoms. The first kappa shape index (κ1) is 13.1. The van der Waals surface area contributed by atoms with Crippen molar-refractivity contribution >= 4 is 22.1 Å². The predicted molar refractivity (Wildman–Crippen MR) is 83.4 cm³/mol. The number of methoxy groups -OCH3 is 1. The number of hydrogen-bond donors (Lipinski definition) is 1. The maximum absolute atomic E-state index is 6.44. The molecular formula is C16H16N2OS. The van der Waals surface area contributed by atoms with Gasteiger partial charge in [0.1, 0.15) is 10.8 Å². The van der Waals surface area contributed by atoms with E-state index in [1.165, 1.54) is 0 Å². The normalized spacial score (nSPS) is 12.6. The van der Waals surface area contributed by atoms with Crippen LogP contribution in [0.2, 0.25) is 0 Å². The molecule has 1 unspecified atom stereocenters. The Morgan fingerprint density at radius 3 is 2.70 bits per heavy atom. The molecule has 2 aromatic carbocycles. The molecule has 0 bridgehead atoms. The van der Waals surface area contributed by atoms with E-state index >= 15 is 0 Å². The summed E-state index contributed by atoms with van der Waals surface area (Å²) in [5.74, 6) is 0.809. The molecule has 20 heavy (non-hydrogen) atoms. The van der Waals surface area contributed by atoms with Gasteiger partial charge in [-0.05, 0) is 23.8 Å². The molecule has 3 rings (SSSR count). The summed E-state index contributed by atoms with van der Waals surface area (Å²) < 4.78 is 5.50. The number of hydrogen-bond acceptors (Lipinski definition) is 4. The molecule has 2 N–H and O–H groups in total. The molecule has 1 aromatic heterocycles. The Labute approximate surface area is 122 Å². The highest BCUT2D eigenvalue weighted by atomic mass is 32.1. The minimum Gasteiger partial charge on any atom is -0.496 e. The van der Waals surface area contributed by atoms with Crippen molar-refractivity contribution in [3.8, 4) is 5.75 Å². The maximum atomic E-state index is 6.44. The van der Waals surface area contributed by atoms with Crippen LogP contribution in [-0.2, 0) is 0 Å². The van der Waals surface area contributed by atoms with Crippen LogP contribution >= 0.6 is 11.3 Å². The third-order valence-corrected chi connectivity index (χ3v) is 4.36. The molecule has 0 saturated heterocycles. The number of thiazole rings is 1. The van der Waals surface area contributed by atoms with Gasteiger partial charge in [0, 0.05) is 16.6 Å². The molecular weight excluding hydrogens is 268 g/mol. The van der Waals surface area contributed by atoms with E-state index in [1.807, 2.05) is 31.3 Å². The van der Waals surface area contributed by atoms with Gasteiger partial charge >= 0.3 is 0 Å². The van der Waals surface area contributed by atoms with Crippen LogP contribution in [0, 0.1) is 6.92 Å². The zero-order valence-corrected chi connectivity index (χ0v) is 12.3. The van der Waals surface area contributed by atoms with E-state index in [1.54, 1.807) is 18.4 Å². The van der Waals surface area contributed by atoms with E-state index in [2.05, 4.69) is 23.2 Å². The maximum Gasteiger partial charge on any atom is 0.124 e. The Bertz CT molecular complexity index is 751. The van der Waals surface area contributed by atoms with Gasteiger partial charge in [-0.25, -0.2) is 4.98 Å². The van der Waals surface area contributed by atoms with Gasteiger partial charge in [-0.15, -0.1) is 11.3 Å². The van der Waals surface area contributed by atoms with Crippen molar-refractivity contribution in [2.75, 3.05) is 7.11 Å². The number of fused-ring (bicyclic) bond motifs is 1. The summed E-state index contributed by atoms with van der Waals surface area (Å²) >= 11 is 1.63. The van der Waals surface area contributed by atoms with Crippen molar-refractivity contribution in [1.29, 1.82) is 0 Å². The molecule has 3 nitrogen and oxygen atoms in total. The lowest BCUT2D eigenvalue weighted by Gasteiger charge is -2.16. The molecule has 3 aromatic rings. The number of nitrogens with two attached hydrogens (primary N) is 1. The molecule has 0 amide bonds. The Morgan fingerprint density at radius 1 is 1.20 bits per heavy atom. The van der Waals surface area contributed by atoms with Crippen molar-refractivity contribution in [3.05, 3.63) is 58.0 Å². The number of aromatic nitrogens is 1. The van der Waals surface area contributed by atoms with E-state index in [4.69, 9.17) is 10.5 Å². The van der Waals surface area contributed by atoms with Gasteiger partial charge in [-0.3, -0.25) is 0 Å². The fourth-order valence-corrected chi connectivity index (χ4v) is 3.20.